The molecule has 1 aromatic heterocycles. The number of aromatic nitrogens is 1. The molecule has 4 N–H and O–H groups in total. The first-order valence-electron chi connectivity index (χ1n) is 11.9. The van der Waals surface area contributed by atoms with Crippen LogP contribution < -0.4 is 20.7 Å². The minimum absolute atomic E-state index is 0.0387. The molecule has 0 unspecified atom stereocenters. The lowest BCUT2D eigenvalue weighted by atomic mass is 9.81. The number of fused-ring (bicyclic) bond motifs is 1. The number of anilines is 1. The summed E-state index contributed by atoms with van der Waals surface area (Å²) in [6.07, 6.45) is 1.13. The standard InChI is InChI=1S/C26H29F3N4O3/c1-36-20-8-9-22-21(15-20)17(16-31-22)10-13-30-24(35)33-25(11-3-2-4-12-25)23(34)32-19-7-5-6-18(14-19)26(27,28)29/h5-9,14-16,31H,2-4,10-13H2,1H3,(H,32,34)(H2,30,33,35). The number of urea groups is 1. The summed E-state index contributed by atoms with van der Waals surface area (Å²) >= 11 is 0. The Morgan fingerprint density at radius 2 is 1.86 bits per heavy atom. The molecule has 0 atom stereocenters. The van der Waals surface area contributed by atoms with E-state index < -0.39 is 29.2 Å². The van der Waals surface area contributed by atoms with Crippen LogP contribution in [0.15, 0.2) is 48.7 Å². The van der Waals surface area contributed by atoms with Gasteiger partial charge in [-0.3, -0.25) is 4.79 Å². The van der Waals surface area contributed by atoms with Gasteiger partial charge in [0.2, 0.25) is 5.91 Å². The number of methoxy groups -OCH3 is 1. The first kappa shape index (κ1) is 25.4. The molecule has 7 nitrogen and oxygen atoms in total. The number of H-pyrrole nitrogens is 1. The number of alkyl halides is 3. The average molecular weight is 503 g/mol. The van der Waals surface area contributed by atoms with Gasteiger partial charge in [0.15, 0.2) is 0 Å². The Bertz CT molecular complexity index is 1230. The molecular formula is C26H29F3N4O3. The molecule has 1 saturated carbocycles. The number of carbonyl (C=O) groups excluding carboxylic acids is 2. The molecule has 3 amide bonds. The number of nitrogens with one attached hydrogen (secondary N) is 4. The zero-order valence-electron chi connectivity index (χ0n) is 19.9. The third-order valence-electron chi connectivity index (χ3n) is 6.60. The molecule has 4 rings (SSSR count). The minimum Gasteiger partial charge on any atom is -0.497 e. The fourth-order valence-electron chi connectivity index (χ4n) is 4.65. The lowest BCUT2D eigenvalue weighted by molar-refractivity contribution is -0.137. The Morgan fingerprint density at radius 3 is 2.58 bits per heavy atom. The molecule has 1 heterocycles. The van der Waals surface area contributed by atoms with E-state index in [0.29, 0.717) is 25.8 Å². The fraction of sp³-hybridized carbons (Fsp3) is 0.385. The van der Waals surface area contributed by atoms with Gasteiger partial charge >= 0.3 is 12.2 Å². The smallest absolute Gasteiger partial charge is 0.416 e. The van der Waals surface area contributed by atoms with Crippen LogP contribution in [0.3, 0.4) is 0 Å². The van der Waals surface area contributed by atoms with E-state index >= 15 is 0 Å². The van der Waals surface area contributed by atoms with Crippen LogP contribution in [-0.2, 0) is 17.4 Å². The zero-order chi connectivity index (χ0) is 25.8. The molecule has 0 saturated heterocycles. The number of rotatable bonds is 7. The minimum atomic E-state index is -4.52. The quantitative estimate of drug-likeness (QED) is 0.349. The summed E-state index contributed by atoms with van der Waals surface area (Å²) < 4.78 is 44.5. The van der Waals surface area contributed by atoms with Gasteiger partial charge in [0, 0.05) is 29.3 Å². The van der Waals surface area contributed by atoms with Crippen molar-refractivity contribution in [3.8, 4) is 5.75 Å². The van der Waals surface area contributed by atoms with E-state index in [-0.39, 0.29) is 5.69 Å². The van der Waals surface area contributed by atoms with Crippen molar-refractivity contribution in [2.75, 3.05) is 19.0 Å². The van der Waals surface area contributed by atoms with E-state index in [0.717, 1.165) is 53.6 Å². The van der Waals surface area contributed by atoms with Gasteiger partial charge in [-0.05, 0) is 61.2 Å². The van der Waals surface area contributed by atoms with Crippen molar-refractivity contribution < 1.29 is 27.5 Å². The molecule has 1 aliphatic carbocycles. The van der Waals surface area contributed by atoms with Crippen molar-refractivity contribution in [2.24, 2.45) is 0 Å². The SMILES string of the molecule is COc1ccc2[nH]cc(CCNC(=O)NC3(C(=O)Nc4cccc(C(F)(F)F)c4)CCCCC3)c2c1. The van der Waals surface area contributed by atoms with E-state index in [4.69, 9.17) is 4.74 Å². The number of amides is 3. The first-order chi connectivity index (χ1) is 17.2. The Balaban J connectivity index is 1.39. The predicted octanol–water partition coefficient (Wildman–Crippen LogP) is 5.38. The maximum Gasteiger partial charge on any atom is 0.416 e. The molecule has 10 heteroatoms. The van der Waals surface area contributed by atoms with E-state index in [1.54, 1.807) is 7.11 Å². The number of ether oxygens (including phenoxy) is 1. The molecule has 2 aromatic carbocycles. The van der Waals surface area contributed by atoms with E-state index in [1.807, 2.05) is 24.4 Å². The van der Waals surface area contributed by atoms with Crippen molar-refractivity contribution in [1.82, 2.24) is 15.6 Å². The lowest BCUT2D eigenvalue weighted by Gasteiger charge is -2.36. The molecule has 0 bridgehead atoms. The van der Waals surface area contributed by atoms with E-state index in [1.165, 1.54) is 12.1 Å². The number of benzene rings is 2. The first-order valence-corrected chi connectivity index (χ1v) is 11.9. The molecule has 1 fully saturated rings. The number of aromatic amines is 1. The molecule has 36 heavy (non-hydrogen) atoms. The van der Waals surface area contributed by atoms with Crippen molar-refractivity contribution in [3.05, 3.63) is 59.8 Å². The normalized spacial score (nSPS) is 15.3. The summed E-state index contributed by atoms with van der Waals surface area (Å²) in [4.78, 5) is 29.2. The highest BCUT2D eigenvalue weighted by atomic mass is 19.4. The van der Waals surface area contributed by atoms with Gasteiger partial charge in [0.25, 0.3) is 0 Å². The Hall–Kier alpha value is -3.69. The molecule has 0 radical (unpaired) electrons. The maximum atomic E-state index is 13.2. The highest BCUT2D eigenvalue weighted by Gasteiger charge is 2.41. The Morgan fingerprint density at radius 1 is 1.08 bits per heavy atom. The fourth-order valence-corrected chi connectivity index (χ4v) is 4.65. The third-order valence-corrected chi connectivity index (χ3v) is 6.60. The molecule has 192 valence electrons. The van der Waals surface area contributed by atoms with Crippen LogP contribution in [-0.4, -0.2) is 36.1 Å². The summed E-state index contributed by atoms with van der Waals surface area (Å²) in [6.45, 7) is 0.335. The van der Waals surface area contributed by atoms with Gasteiger partial charge in [-0.25, -0.2) is 4.79 Å². The van der Waals surface area contributed by atoms with E-state index in [9.17, 15) is 22.8 Å². The molecule has 0 aliphatic heterocycles. The van der Waals surface area contributed by atoms with Crippen LogP contribution in [0.4, 0.5) is 23.7 Å². The number of carbonyl (C=O) groups is 2. The molecule has 0 spiro atoms. The molecule has 3 aromatic rings. The van der Waals surface area contributed by atoms with Crippen molar-refractivity contribution in [3.63, 3.8) is 0 Å². The van der Waals surface area contributed by atoms with Crippen molar-refractivity contribution in [1.29, 1.82) is 0 Å². The van der Waals surface area contributed by atoms with Crippen LogP contribution in [0.5, 0.6) is 5.75 Å². The largest absolute Gasteiger partial charge is 0.497 e. The predicted molar refractivity (Wildman–Crippen MR) is 131 cm³/mol. The maximum absolute atomic E-state index is 13.2. The van der Waals surface area contributed by atoms with Crippen molar-refractivity contribution in [2.45, 2.75) is 50.2 Å². The Kier molecular flexibility index (Phi) is 7.42. The highest BCUT2D eigenvalue weighted by Crippen LogP contribution is 2.33. The van der Waals surface area contributed by atoms with Crippen LogP contribution in [0.1, 0.15) is 43.2 Å². The van der Waals surface area contributed by atoms with Gasteiger partial charge < -0.3 is 25.7 Å². The average Bonchev–Trinajstić information content (AvgIpc) is 3.26. The third kappa shape index (κ3) is 5.75. The van der Waals surface area contributed by atoms with Crippen LogP contribution in [0.25, 0.3) is 10.9 Å². The summed E-state index contributed by atoms with van der Waals surface area (Å²) in [5, 5.41) is 9.21. The van der Waals surface area contributed by atoms with Gasteiger partial charge in [-0.1, -0.05) is 25.3 Å². The number of halogens is 3. The van der Waals surface area contributed by atoms with Crippen LogP contribution in [0.2, 0.25) is 0 Å². The van der Waals surface area contributed by atoms with Gasteiger partial charge in [-0.15, -0.1) is 0 Å². The summed E-state index contributed by atoms with van der Waals surface area (Å²) in [5.74, 6) is 0.223. The molecule has 1 aliphatic rings. The van der Waals surface area contributed by atoms with Gasteiger partial charge in [-0.2, -0.15) is 13.2 Å². The summed E-state index contributed by atoms with van der Waals surface area (Å²) in [6, 6.07) is 9.71. The second-order valence-corrected chi connectivity index (χ2v) is 9.03. The zero-order valence-corrected chi connectivity index (χ0v) is 19.9. The summed E-state index contributed by atoms with van der Waals surface area (Å²) in [7, 11) is 1.60. The van der Waals surface area contributed by atoms with Crippen LogP contribution in [0, 0.1) is 0 Å². The lowest BCUT2D eigenvalue weighted by Crippen LogP contribution is -2.60. The number of hydrogen-bond acceptors (Lipinski definition) is 3. The molecular weight excluding hydrogens is 473 g/mol. The monoisotopic (exact) mass is 502 g/mol. The topological polar surface area (TPSA) is 95.2 Å². The van der Waals surface area contributed by atoms with Gasteiger partial charge in [0.05, 0.1) is 12.7 Å². The second kappa shape index (κ2) is 10.5. The van der Waals surface area contributed by atoms with E-state index in [2.05, 4.69) is 20.9 Å². The second-order valence-electron chi connectivity index (χ2n) is 9.03. The Labute approximate surface area is 206 Å². The van der Waals surface area contributed by atoms with Gasteiger partial charge in [0.1, 0.15) is 11.3 Å². The summed E-state index contributed by atoms with van der Waals surface area (Å²) in [5.41, 5.74) is -0.0260. The highest BCUT2D eigenvalue weighted by molar-refractivity contribution is 6.00. The van der Waals surface area contributed by atoms with Crippen LogP contribution >= 0.6 is 0 Å². The number of hydrogen-bond donors (Lipinski definition) is 4. The van der Waals surface area contributed by atoms with Crippen molar-refractivity contribution >= 4 is 28.5 Å².